The van der Waals surface area contributed by atoms with Gasteiger partial charge in [0.05, 0.1) is 0 Å². The van der Waals surface area contributed by atoms with Crippen LogP contribution in [0.15, 0.2) is 18.3 Å². The van der Waals surface area contributed by atoms with E-state index in [4.69, 9.17) is 0 Å². The zero-order valence-electron chi connectivity index (χ0n) is 8.99. The van der Waals surface area contributed by atoms with Crippen LogP contribution in [0.25, 0.3) is 0 Å². The van der Waals surface area contributed by atoms with Gasteiger partial charge in [0.25, 0.3) is 0 Å². The molecular weight excluding hydrogens is 254 g/mol. The summed E-state index contributed by atoms with van der Waals surface area (Å²) < 4.78 is 0. The molecule has 3 nitrogen and oxygen atoms in total. The van der Waals surface area contributed by atoms with Gasteiger partial charge >= 0.3 is 0 Å². The molecule has 15 heavy (non-hydrogen) atoms. The highest BCUT2D eigenvalue weighted by atomic mass is 79.9. The van der Waals surface area contributed by atoms with E-state index in [0.29, 0.717) is 0 Å². The van der Waals surface area contributed by atoms with E-state index in [2.05, 4.69) is 49.9 Å². The van der Waals surface area contributed by atoms with Crippen molar-refractivity contribution < 1.29 is 0 Å². The molecular formula is C11H16BrN3. The fraction of sp³-hybridized carbons (Fsp3) is 0.545. The lowest BCUT2D eigenvalue weighted by molar-refractivity contribution is 0.312. The van der Waals surface area contributed by atoms with Crippen LogP contribution in [0.5, 0.6) is 0 Å². The molecule has 2 rings (SSSR count). The number of anilines is 1. The van der Waals surface area contributed by atoms with E-state index < -0.39 is 0 Å². The molecule has 2 heterocycles. The summed E-state index contributed by atoms with van der Waals surface area (Å²) in [5, 5.41) is 0.878. The van der Waals surface area contributed by atoms with Gasteiger partial charge < -0.3 is 9.80 Å². The first-order valence-electron chi connectivity index (χ1n) is 5.24. The van der Waals surface area contributed by atoms with Crippen LogP contribution >= 0.6 is 15.9 Å². The van der Waals surface area contributed by atoms with Gasteiger partial charge in [-0.15, -0.1) is 0 Å². The fourth-order valence-corrected chi connectivity index (χ4v) is 2.05. The summed E-state index contributed by atoms with van der Waals surface area (Å²) in [6.07, 6.45) is 1.95. The molecule has 1 aromatic heterocycles. The third-order valence-corrected chi connectivity index (χ3v) is 3.44. The smallest absolute Gasteiger partial charge is 0.128 e. The Bertz CT molecular complexity index is 304. The van der Waals surface area contributed by atoms with Crippen molar-refractivity contribution in [1.29, 1.82) is 0 Å². The van der Waals surface area contributed by atoms with E-state index >= 15 is 0 Å². The summed E-state index contributed by atoms with van der Waals surface area (Å²) in [7, 11) is 2.17. The number of pyridine rings is 1. The molecule has 1 aliphatic heterocycles. The van der Waals surface area contributed by atoms with Gasteiger partial charge in [0.15, 0.2) is 0 Å². The van der Waals surface area contributed by atoms with Gasteiger partial charge in [-0.3, -0.25) is 0 Å². The van der Waals surface area contributed by atoms with Gasteiger partial charge in [-0.05, 0) is 18.7 Å². The summed E-state index contributed by atoms with van der Waals surface area (Å²) in [6, 6.07) is 4.25. The fourth-order valence-electron chi connectivity index (χ4n) is 1.72. The molecule has 0 unspecified atom stereocenters. The van der Waals surface area contributed by atoms with Crippen LogP contribution in [0, 0.1) is 0 Å². The number of piperazine rings is 1. The first kappa shape index (κ1) is 10.9. The number of alkyl halides is 1. The summed E-state index contributed by atoms with van der Waals surface area (Å²) in [5.41, 5.74) is 1.23. The highest BCUT2D eigenvalue weighted by molar-refractivity contribution is 9.08. The summed E-state index contributed by atoms with van der Waals surface area (Å²) in [5.74, 6) is 1.10. The highest BCUT2D eigenvalue weighted by Crippen LogP contribution is 2.14. The number of halogens is 1. The third-order valence-electron chi connectivity index (χ3n) is 2.79. The molecule has 0 atom stereocenters. The van der Waals surface area contributed by atoms with Gasteiger partial charge in [-0.2, -0.15) is 0 Å². The highest BCUT2D eigenvalue weighted by Gasteiger charge is 2.14. The Morgan fingerprint density at radius 1 is 1.27 bits per heavy atom. The number of aromatic nitrogens is 1. The molecule has 4 heteroatoms. The lowest BCUT2D eigenvalue weighted by atomic mass is 10.3. The van der Waals surface area contributed by atoms with Crippen molar-refractivity contribution in [2.75, 3.05) is 38.1 Å². The second-order valence-corrected chi connectivity index (χ2v) is 4.51. The minimum Gasteiger partial charge on any atom is -0.354 e. The number of rotatable bonds is 2. The van der Waals surface area contributed by atoms with E-state index in [9.17, 15) is 0 Å². The summed E-state index contributed by atoms with van der Waals surface area (Å²) in [4.78, 5) is 9.17. The molecule has 0 saturated carbocycles. The normalized spacial score (nSPS) is 18.1. The Hall–Kier alpha value is -0.610. The molecule has 0 bridgehead atoms. The van der Waals surface area contributed by atoms with E-state index in [0.717, 1.165) is 37.3 Å². The van der Waals surface area contributed by atoms with Crippen LogP contribution < -0.4 is 4.90 Å². The van der Waals surface area contributed by atoms with Crippen molar-refractivity contribution in [3.8, 4) is 0 Å². The first-order chi connectivity index (χ1) is 7.29. The maximum Gasteiger partial charge on any atom is 0.128 e. The molecule has 1 saturated heterocycles. The van der Waals surface area contributed by atoms with Crippen molar-refractivity contribution in [2.45, 2.75) is 5.33 Å². The van der Waals surface area contributed by atoms with E-state index in [1.54, 1.807) is 0 Å². The second-order valence-electron chi connectivity index (χ2n) is 3.95. The van der Waals surface area contributed by atoms with Crippen molar-refractivity contribution in [3.05, 3.63) is 23.9 Å². The molecule has 82 valence electrons. The van der Waals surface area contributed by atoms with Crippen LogP contribution in [-0.4, -0.2) is 43.1 Å². The maximum absolute atomic E-state index is 4.48. The van der Waals surface area contributed by atoms with Gasteiger partial charge in [0, 0.05) is 37.7 Å². The van der Waals surface area contributed by atoms with Crippen LogP contribution in [-0.2, 0) is 5.33 Å². The monoisotopic (exact) mass is 269 g/mol. The minimum absolute atomic E-state index is 0.878. The summed E-state index contributed by atoms with van der Waals surface area (Å²) >= 11 is 3.43. The Morgan fingerprint density at radius 2 is 2.00 bits per heavy atom. The van der Waals surface area contributed by atoms with Crippen LogP contribution in [0.1, 0.15) is 5.56 Å². The van der Waals surface area contributed by atoms with E-state index in [1.165, 1.54) is 5.56 Å². The summed E-state index contributed by atoms with van der Waals surface area (Å²) in [6.45, 7) is 4.41. The van der Waals surface area contributed by atoms with Gasteiger partial charge in [-0.1, -0.05) is 22.0 Å². The predicted octanol–water partition coefficient (Wildman–Crippen LogP) is 1.73. The zero-order chi connectivity index (χ0) is 10.7. The van der Waals surface area contributed by atoms with Crippen LogP contribution in [0.2, 0.25) is 0 Å². The van der Waals surface area contributed by atoms with Crippen molar-refractivity contribution in [2.24, 2.45) is 0 Å². The molecule has 1 fully saturated rings. The number of hydrogen-bond donors (Lipinski definition) is 0. The van der Waals surface area contributed by atoms with Crippen molar-refractivity contribution >= 4 is 21.7 Å². The second kappa shape index (κ2) is 4.94. The first-order valence-corrected chi connectivity index (χ1v) is 6.36. The quantitative estimate of drug-likeness (QED) is 0.763. The van der Waals surface area contributed by atoms with E-state index in [-0.39, 0.29) is 0 Å². The van der Waals surface area contributed by atoms with Crippen LogP contribution in [0.3, 0.4) is 0 Å². The van der Waals surface area contributed by atoms with Crippen molar-refractivity contribution in [1.82, 2.24) is 9.88 Å². The third kappa shape index (κ3) is 2.69. The average molecular weight is 270 g/mol. The Balaban J connectivity index is 2.03. The van der Waals surface area contributed by atoms with Gasteiger partial charge in [-0.25, -0.2) is 4.98 Å². The largest absolute Gasteiger partial charge is 0.354 e. The molecule has 0 aromatic carbocycles. The average Bonchev–Trinajstić information content (AvgIpc) is 2.30. The molecule has 0 aliphatic carbocycles. The topological polar surface area (TPSA) is 19.4 Å². The Morgan fingerprint density at radius 3 is 2.53 bits per heavy atom. The van der Waals surface area contributed by atoms with Gasteiger partial charge in [0.1, 0.15) is 5.82 Å². The number of hydrogen-bond acceptors (Lipinski definition) is 3. The lowest BCUT2D eigenvalue weighted by Gasteiger charge is -2.33. The minimum atomic E-state index is 0.878. The number of nitrogens with zero attached hydrogens (tertiary/aromatic N) is 3. The molecule has 0 radical (unpaired) electrons. The molecule has 0 N–H and O–H groups in total. The molecule has 1 aromatic rings. The molecule has 0 spiro atoms. The van der Waals surface area contributed by atoms with Crippen molar-refractivity contribution in [3.63, 3.8) is 0 Å². The maximum atomic E-state index is 4.48. The SMILES string of the molecule is CN1CCN(c2ccc(CBr)cn2)CC1. The zero-order valence-corrected chi connectivity index (χ0v) is 10.6. The molecule has 1 aliphatic rings. The van der Waals surface area contributed by atoms with E-state index in [1.807, 2.05) is 6.20 Å². The number of likely N-dealkylation sites (N-methyl/N-ethyl adjacent to an activating group) is 1. The molecule has 0 amide bonds. The van der Waals surface area contributed by atoms with Crippen LogP contribution in [0.4, 0.5) is 5.82 Å². The predicted molar refractivity (Wildman–Crippen MR) is 66.6 cm³/mol. The Kier molecular flexibility index (Phi) is 3.59. The Labute approximate surface area is 99.2 Å². The standard InChI is InChI=1S/C11H16BrN3/c1-14-4-6-15(7-5-14)11-3-2-10(8-12)9-13-11/h2-3,9H,4-8H2,1H3. The lowest BCUT2D eigenvalue weighted by Crippen LogP contribution is -2.44. The van der Waals surface area contributed by atoms with Gasteiger partial charge in [0.2, 0.25) is 0 Å².